The third-order valence-electron chi connectivity index (χ3n) is 2.48. The Morgan fingerprint density at radius 3 is 2.50 bits per heavy atom. The monoisotopic (exact) mass is 168 g/mol. The van der Waals surface area contributed by atoms with Crippen molar-refractivity contribution in [1.29, 1.82) is 0 Å². The highest BCUT2D eigenvalue weighted by Crippen LogP contribution is 2.10. The van der Waals surface area contributed by atoms with E-state index in [0.29, 0.717) is 0 Å². The highest BCUT2D eigenvalue weighted by atomic mass is 15.1. The fourth-order valence-electron chi connectivity index (χ4n) is 1.65. The van der Waals surface area contributed by atoms with Crippen molar-refractivity contribution in [2.75, 3.05) is 26.2 Å². The first-order valence-electron chi connectivity index (χ1n) is 4.92. The lowest BCUT2D eigenvalue weighted by Gasteiger charge is -2.14. The minimum Gasteiger partial charge on any atom is -0.330 e. The van der Waals surface area contributed by atoms with Crippen LogP contribution in [-0.4, -0.2) is 31.1 Å². The number of likely N-dealkylation sites (tertiary alicyclic amines) is 1. The normalized spacial score (nSPS) is 18.4. The zero-order valence-electron chi connectivity index (χ0n) is 7.89. The lowest BCUT2D eigenvalue weighted by molar-refractivity contribution is 0.342. The summed E-state index contributed by atoms with van der Waals surface area (Å²) in [5, 5.41) is 0. The van der Waals surface area contributed by atoms with Crippen LogP contribution < -0.4 is 5.73 Å². The summed E-state index contributed by atoms with van der Waals surface area (Å²) in [7, 11) is 0. The van der Waals surface area contributed by atoms with Gasteiger partial charge >= 0.3 is 0 Å². The summed E-state index contributed by atoms with van der Waals surface area (Å²) in [6, 6.07) is 0. The first-order valence-corrected chi connectivity index (χ1v) is 4.92. The molecule has 0 amide bonds. The lowest BCUT2D eigenvalue weighted by atomic mass is 10.1. The Labute approximate surface area is 75.4 Å². The molecule has 2 heteroatoms. The van der Waals surface area contributed by atoms with Crippen LogP contribution in [0.4, 0.5) is 0 Å². The molecule has 0 unspecified atom stereocenters. The molecule has 2 nitrogen and oxygen atoms in total. The molecule has 0 aromatic carbocycles. The van der Waals surface area contributed by atoms with Gasteiger partial charge in [-0.15, -0.1) is 0 Å². The van der Waals surface area contributed by atoms with Crippen LogP contribution in [0.15, 0.2) is 12.2 Å². The minimum absolute atomic E-state index is 0.749. The van der Waals surface area contributed by atoms with Crippen molar-refractivity contribution in [1.82, 2.24) is 4.90 Å². The van der Waals surface area contributed by atoms with Gasteiger partial charge in [0.15, 0.2) is 0 Å². The topological polar surface area (TPSA) is 29.3 Å². The smallest absolute Gasteiger partial charge is 0.00185 e. The predicted octanol–water partition coefficient (Wildman–Crippen LogP) is 1.38. The van der Waals surface area contributed by atoms with E-state index in [2.05, 4.69) is 11.5 Å². The summed E-state index contributed by atoms with van der Waals surface area (Å²) in [6.07, 6.45) is 4.89. The molecule has 1 saturated heterocycles. The lowest BCUT2D eigenvalue weighted by Crippen LogP contribution is -2.20. The van der Waals surface area contributed by atoms with Crippen LogP contribution in [0.3, 0.4) is 0 Å². The predicted molar refractivity (Wildman–Crippen MR) is 53.1 cm³/mol. The third kappa shape index (κ3) is 3.37. The maximum absolute atomic E-state index is 5.44. The Morgan fingerprint density at radius 1 is 1.25 bits per heavy atom. The Balaban J connectivity index is 2.03. The van der Waals surface area contributed by atoms with Crippen LogP contribution >= 0.6 is 0 Å². The highest BCUT2D eigenvalue weighted by molar-refractivity contribution is 4.95. The second kappa shape index (κ2) is 5.33. The molecular formula is C10H20N2. The van der Waals surface area contributed by atoms with E-state index in [9.17, 15) is 0 Å². The second-order valence-corrected chi connectivity index (χ2v) is 3.59. The maximum atomic E-state index is 5.44. The van der Waals surface area contributed by atoms with Gasteiger partial charge in [0.25, 0.3) is 0 Å². The molecule has 1 aliphatic rings. The third-order valence-corrected chi connectivity index (χ3v) is 2.48. The van der Waals surface area contributed by atoms with Crippen LogP contribution in [0.5, 0.6) is 0 Å². The molecular weight excluding hydrogens is 148 g/mol. The molecule has 0 saturated carbocycles. The van der Waals surface area contributed by atoms with Gasteiger partial charge in [-0.25, -0.2) is 0 Å². The zero-order chi connectivity index (χ0) is 8.81. The minimum atomic E-state index is 0.749. The van der Waals surface area contributed by atoms with Crippen LogP contribution in [0.25, 0.3) is 0 Å². The Hall–Kier alpha value is -0.340. The quantitative estimate of drug-likeness (QED) is 0.628. The second-order valence-electron chi connectivity index (χ2n) is 3.59. The first-order chi connectivity index (χ1) is 5.83. The van der Waals surface area contributed by atoms with Gasteiger partial charge in [0, 0.05) is 6.54 Å². The van der Waals surface area contributed by atoms with Crippen molar-refractivity contribution < 1.29 is 0 Å². The van der Waals surface area contributed by atoms with Crippen LogP contribution in [0, 0.1) is 0 Å². The van der Waals surface area contributed by atoms with Crippen LogP contribution in [0.2, 0.25) is 0 Å². The molecule has 0 aromatic rings. The van der Waals surface area contributed by atoms with Crippen molar-refractivity contribution in [2.24, 2.45) is 5.73 Å². The van der Waals surface area contributed by atoms with E-state index in [1.54, 1.807) is 0 Å². The number of rotatable bonds is 5. The van der Waals surface area contributed by atoms with Gasteiger partial charge in [-0.3, -0.25) is 0 Å². The average Bonchev–Trinajstić information content (AvgIpc) is 2.53. The number of nitrogens with zero attached hydrogens (tertiary/aromatic N) is 1. The van der Waals surface area contributed by atoms with Gasteiger partial charge < -0.3 is 10.6 Å². The van der Waals surface area contributed by atoms with Gasteiger partial charge in [0.1, 0.15) is 0 Å². The fourth-order valence-corrected chi connectivity index (χ4v) is 1.65. The number of hydrogen-bond donors (Lipinski definition) is 1. The molecule has 0 radical (unpaired) electrons. The first kappa shape index (κ1) is 9.75. The van der Waals surface area contributed by atoms with E-state index >= 15 is 0 Å². The van der Waals surface area contributed by atoms with Gasteiger partial charge in [0.05, 0.1) is 0 Å². The van der Waals surface area contributed by atoms with Crippen molar-refractivity contribution in [2.45, 2.75) is 25.7 Å². The molecule has 1 rings (SSSR count). The summed E-state index contributed by atoms with van der Waals surface area (Å²) in [4.78, 5) is 2.52. The van der Waals surface area contributed by atoms with E-state index in [0.717, 1.165) is 19.4 Å². The molecule has 0 spiro atoms. The molecule has 0 bridgehead atoms. The Kier molecular flexibility index (Phi) is 4.33. The van der Waals surface area contributed by atoms with Gasteiger partial charge in [-0.2, -0.15) is 0 Å². The largest absolute Gasteiger partial charge is 0.330 e. The maximum Gasteiger partial charge on any atom is 0.00185 e. The molecule has 2 N–H and O–H groups in total. The summed E-state index contributed by atoms with van der Waals surface area (Å²) in [5.41, 5.74) is 6.75. The van der Waals surface area contributed by atoms with E-state index in [-0.39, 0.29) is 0 Å². The molecule has 0 aromatic heterocycles. The Morgan fingerprint density at radius 2 is 1.92 bits per heavy atom. The fraction of sp³-hybridized carbons (Fsp3) is 0.800. The molecule has 0 atom stereocenters. The van der Waals surface area contributed by atoms with Crippen molar-refractivity contribution in [3.8, 4) is 0 Å². The highest BCUT2D eigenvalue weighted by Gasteiger charge is 2.10. The molecule has 1 aliphatic heterocycles. The molecule has 70 valence electrons. The van der Waals surface area contributed by atoms with Gasteiger partial charge in [0.2, 0.25) is 0 Å². The average molecular weight is 168 g/mol. The molecule has 0 aliphatic carbocycles. The van der Waals surface area contributed by atoms with E-state index in [1.807, 2.05) is 0 Å². The molecule has 1 heterocycles. The molecule has 1 fully saturated rings. The van der Waals surface area contributed by atoms with E-state index < -0.39 is 0 Å². The number of nitrogens with two attached hydrogens (primary N) is 1. The van der Waals surface area contributed by atoms with Crippen molar-refractivity contribution >= 4 is 0 Å². The molecule has 12 heavy (non-hydrogen) atoms. The van der Waals surface area contributed by atoms with E-state index in [4.69, 9.17) is 5.73 Å². The van der Waals surface area contributed by atoms with Crippen molar-refractivity contribution in [3.63, 3.8) is 0 Å². The summed E-state index contributed by atoms with van der Waals surface area (Å²) < 4.78 is 0. The van der Waals surface area contributed by atoms with Gasteiger partial charge in [-0.1, -0.05) is 12.2 Å². The van der Waals surface area contributed by atoms with E-state index in [1.165, 1.54) is 38.0 Å². The summed E-state index contributed by atoms with van der Waals surface area (Å²) in [5.74, 6) is 0. The van der Waals surface area contributed by atoms with Crippen LogP contribution in [-0.2, 0) is 0 Å². The summed E-state index contributed by atoms with van der Waals surface area (Å²) >= 11 is 0. The standard InChI is InChI=1S/C10H20N2/c1-10(4-6-11)5-9-12-7-2-3-8-12/h1-9,11H2. The number of hydrogen-bond acceptors (Lipinski definition) is 2. The summed E-state index contributed by atoms with van der Waals surface area (Å²) in [6.45, 7) is 8.52. The zero-order valence-corrected chi connectivity index (χ0v) is 7.89. The van der Waals surface area contributed by atoms with Crippen LogP contribution in [0.1, 0.15) is 25.7 Å². The van der Waals surface area contributed by atoms with Crippen molar-refractivity contribution in [3.05, 3.63) is 12.2 Å². The Bertz CT molecular complexity index is 137. The van der Waals surface area contributed by atoms with Gasteiger partial charge in [-0.05, 0) is 45.3 Å². The SMILES string of the molecule is C=C(CCN)CCN1CCCC1.